The molecule has 1 atom stereocenters. The summed E-state index contributed by atoms with van der Waals surface area (Å²) in [6, 6.07) is 12.2. The Morgan fingerprint density at radius 1 is 1.00 bits per heavy atom. The molecular weight excluding hydrogens is 284 g/mol. The van der Waals surface area contributed by atoms with Gasteiger partial charge in [0.05, 0.1) is 19.6 Å². The molecule has 2 nitrogen and oxygen atoms in total. The second-order valence-electron chi connectivity index (χ2n) is 5.21. The van der Waals surface area contributed by atoms with Crippen molar-refractivity contribution in [3.8, 4) is 11.5 Å². The zero-order valence-corrected chi connectivity index (χ0v) is 13.7. The molecule has 2 aromatic carbocycles. The van der Waals surface area contributed by atoms with Crippen LogP contribution in [-0.2, 0) is 6.42 Å². The van der Waals surface area contributed by atoms with E-state index in [0.29, 0.717) is 0 Å². The first kappa shape index (κ1) is 15.7. The normalized spacial score (nSPS) is 12.0. The third-order valence-electron chi connectivity index (χ3n) is 3.68. The fourth-order valence-corrected chi connectivity index (χ4v) is 2.75. The largest absolute Gasteiger partial charge is 0.497 e. The van der Waals surface area contributed by atoms with Crippen molar-refractivity contribution in [3.63, 3.8) is 0 Å². The van der Waals surface area contributed by atoms with E-state index in [2.05, 4.69) is 32.0 Å². The SMILES string of the molecule is COc1ccc(C(Cl)Cc2cc(C)ccc2C)c(OC)c1. The number of halogens is 1. The van der Waals surface area contributed by atoms with Gasteiger partial charge < -0.3 is 9.47 Å². The molecule has 21 heavy (non-hydrogen) atoms. The maximum absolute atomic E-state index is 6.62. The highest BCUT2D eigenvalue weighted by Gasteiger charge is 2.16. The van der Waals surface area contributed by atoms with E-state index < -0.39 is 0 Å². The molecule has 0 amide bonds. The van der Waals surface area contributed by atoms with E-state index >= 15 is 0 Å². The minimum Gasteiger partial charge on any atom is -0.497 e. The average molecular weight is 305 g/mol. The minimum atomic E-state index is -0.133. The number of ether oxygens (including phenoxy) is 2. The second kappa shape index (κ2) is 6.86. The highest BCUT2D eigenvalue weighted by atomic mass is 35.5. The molecule has 0 heterocycles. The molecule has 112 valence electrons. The van der Waals surface area contributed by atoms with Crippen molar-refractivity contribution < 1.29 is 9.47 Å². The van der Waals surface area contributed by atoms with Crippen molar-refractivity contribution in [2.45, 2.75) is 25.6 Å². The van der Waals surface area contributed by atoms with Crippen LogP contribution < -0.4 is 9.47 Å². The van der Waals surface area contributed by atoms with E-state index in [-0.39, 0.29) is 5.38 Å². The summed E-state index contributed by atoms with van der Waals surface area (Å²) in [6.45, 7) is 4.21. The van der Waals surface area contributed by atoms with Gasteiger partial charge in [0.2, 0.25) is 0 Å². The molecule has 0 saturated carbocycles. The molecule has 2 aromatic rings. The monoisotopic (exact) mass is 304 g/mol. The highest BCUT2D eigenvalue weighted by molar-refractivity contribution is 6.21. The second-order valence-corrected chi connectivity index (χ2v) is 5.74. The van der Waals surface area contributed by atoms with Crippen LogP contribution in [0.3, 0.4) is 0 Å². The lowest BCUT2D eigenvalue weighted by Crippen LogP contribution is -2.01. The van der Waals surface area contributed by atoms with Crippen molar-refractivity contribution in [1.82, 2.24) is 0 Å². The summed E-state index contributed by atoms with van der Waals surface area (Å²) in [4.78, 5) is 0. The standard InChI is InChI=1S/C18H21ClO2/c1-12-5-6-13(2)14(9-12)10-17(19)16-8-7-15(20-3)11-18(16)21-4/h5-9,11,17H,10H2,1-4H3. The lowest BCUT2D eigenvalue weighted by Gasteiger charge is -2.16. The molecule has 2 rings (SSSR count). The third-order valence-corrected chi connectivity index (χ3v) is 4.07. The van der Waals surface area contributed by atoms with Gasteiger partial charge in [-0.15, -0.1) is 11.6 Å². The Balaban J connectivity index is 2.27. The average Bonchev–Trinajstić information content (AvgIpc) is 2.50. The Bertz CT molecular complexity index is 623. The van der Waals surface area contributed by atoms with Crippen molar-refractivity contribution in [2.75, 3.05) is 14.2 Å². The summed E-state index contributed by atoms with van der Waals surface area (Å²) in [5, 5.41) is -0.133. The van der Waals surface area contributed by atoms with Gasteiger partial charge in [0, 0.05) is 11.6 Å². The molecule has 0 bridgehead atoms. The third kappa shape index (κ3) is 3.70. The smallest absolute Gasteiger partial charge is 0.127 e. The molecule has 3 heteroatoms. The van der Waals surface area contributed by atoms with Gasteiger partial charge >= 0.3 is 0 Å². The summed E-state index contributed by atoms with van der Waals surface area (Å²) in [5.74, 6) is 1.53. The van der Waals surface area contributed by atoms with Crippen molar-refractivity contribution in [1.29, 1.82) is 0 Å². The minimum absolute atomic E-state index is 0.133. The van der Waals surface area contributed by atoms with Crippen LogP contribution >= 0.6 is 11.6 Å². The first-order chi connectivity index (χ1) is 10.0. The van der Waals surface area contributed by atoms with E-state index in [9.17, 15) is 0 Å². The highest BCUT2D eigenvalue weighted by Crippen LogP contribution is 2.35. The predicted molar refractivity (Wildman–Crippen MR) is 87.8 cm³/mol. The lowest BCUT2D eigenvalue weighted by atomic mass is 9.98. The van der Waals surface area contributed by atoms with E-state index in [1.54, 1.807) is 14.2 Å². The summed E-state index contributed by atoms with van der Waals surface area (Å²) < 4.78 is 10.7. The molecule has 0 N–H and O–H groups in total. The van der Waals surface area contributed by atoms with E-state index in [1.807, 2.05) is 18.2 Å². The first-order valence-corrected chi connectivity index (χ1v) is 7.41. The number of benzene rings is 2. The molecule has 0 aliphatic carbocycles. The van der Waals surface area contributed by atoms with E-state index in [0.717, 1.165) is 23.5 Å². The first-order valence-electron chi connectivity index (χ1n) is 6.97. The summed E-state index contributed by atoms with van der Waals surface area (Å²) in [5.41, 5.74) is 4.77. The maximum Gasteiger partial charge on any atom is 0.127 e. The molecule has 0 aromatic heterocycles. The molecule has 1 unspecified atom stereocenters. The van der Waals surface area contributed by atoms with Crippen LogP contribution in [-0.4, -0.2) is 14.2 Å². The number of aryl methyl sites for hydroxylation is 2. The number of methoxy groups -OCH3 is 2. The van der Waals surface area contributed by atoms with Gasteiger partial charge in [-0.05, 0) is 37.5 Å². The van der Waals surface area contributed by atoms with E-state index in [1.165, 1.54) is 16.7 Å². The Kier molecular flexibility index (Phi) is 5.13. The fraction of sp³-hybridized carbons (Fsp3) is 0.333. The summed E-state index contributed by atoms with van der Waals surface area (Å²) in [7, 11) is 3.29. The van der Waals surface area contributed by atoms with Crippen molar-refractivity contribution >= 4 is 11.6 Å². The molecule has 0 aliphatic heterocycles. The topological polar surface area (TPSA) is 18.5 Å². The van der Waals surface area contributed by atoms with Crippen LogP contribution in [0.1, 0.15) is 27.6 Å². The molecule has 0 radical (unpaired) electrons. The Morgan fingerprint density at radius 3 is 2.43 bits per heavy atom. The predicted octanol–water partition coefficient (Wildman–Crippen LogP) is 4.84. The Labute approximate surface area is 131 Å². The summed E-state index contributed by atoms with van der Waals surface area (Å²) >= 11 is 6.62. The number of alkyl halides is 1. The van der Waals surface area contributed by atoms with Gasteiger partial charge in [-0.25, -0.2) is 0 Å². The van der Waals surface area contributed by atoms with E-state index in [4.69, 9.17) is 21.1 Å². The van der Waals surface area contributed by atoms with Gasteiger partial charge in [-0.3, -0.25) is 0 Å². The van der Waals surface area contributed by atoms with Crippen LogP contribution in [0.2, 0.25) is 0 Å². The number of hydrogen-bond acceptors (Lipinski definition) is 2. The van der Waals surface area contributed by atoms with Gasteiger partial charge in [-0.2, -0.15) is 0 Å². The fourth-order valence-electron chi connectivity index (χ4n) is 2.40. The van der Waals surface area contributed by atoms with Crippen LogP contribution in [0, 0.1) is 13.8 Å². The van der Waals surface area contributed by atoms with Crippen molar-refractivity contribution in [2.24, 2.45) is 0 Å². The Morgan fingerprint density at radius 2 is 1.76 bits per heavy atom. The van der Waals surface area contributed by atoms with Gasteiger partial charge in [0.15, 0.2) is 0 Å². The van der Waals surface area contributed by atoms with Crippen LogP contribution in [0.15, 0.2) is 36.4 Å². The quantitative estimate of drug-likeness (QED) is 0.736. The zero-order chi connectivity index (χ0) is 15.4. The molecular formula is C18H21ClO2. The lowest BCUT2D eigenvalue weighted by molar-refractivity contribution is 0.390. The zero-order valence-electron chi connectivity index (χ0n) is 12.9. The van der Waals surface area contributed by atoms with Gasteiger partial charge in [-0.1, -0.05) is 29.8 Å². The molecule has 0 spiro atoms. The van der Waals surface area contributed by atoms with Crippen LogP contribution in [0.4, 0.5) is 0 Å². The summed E-state index contributed by atoms with van der Waals surface area (Å²) in [6.07, 6.45) is 0.776. The van der Waals surface area contributed by atoms with Crippen LogP contribution in [0.5, 0.6) is 11.5 Å². The number of rotatable bonds is 5. The van der Waals surface area contributed by atoms with Crippen LogP contribution in [0.25, 0.3) is 0 Å². The van der Waals surface area contributed by atoms with Gasteiger partial charge in [0.1, 0.15) is 11.5 Å². The molecule has 0 fully saturated rings. The molecule has 0 aliphatic rings. The maximum atomic E-state index is 6.62. The molecule has 0 saturated heterocycles. The van der Waals surface area contributed by atoms with Crippen molar-refractivity contribution in [3.05, 3.63) is 58.7 Å². The van der Waals surface area contributed by atoms with Gasteiger partial charge in [0.25, 0.3) is 0 Å². The number of hydrogen-bond donors (Lipinski definition) is 0. The Hall–Kier alpha value is -1.67.